The molecular formula is C27H27ClN2O2. The van der Waals surface area contributed by atoms with Gasteiger partial charge < -0.3 is 9.47 Å². The number of halogens is 1. The highest BCUT2D eigenvalue weighted by atomic mass is 35.5. The normalized spacial score (nSPS) is 16.5. The maximum absolute atomic E-state index is 9.79. The molecule has 0 aliphatic heterocycles. The third kappa shape index (κ3) is 5.69. The van der Waals surface area contributed by atoms with Crippen molar-refractivity contribution in [3.8, 4) is 11.8 Å². The van der Waals surface area contributed by atoms with Gasteiger partial charge in [0.1, 0.15) is 28.5 Å². The van der Waals surface area contributed by atoms with Crippen molar-refractivity contribution in [2.24, 2.45) is 5.92 Å². The molecule has 0 amide bonds. The van der Waals surface area contributed by atoms with Crippen molar-refractivity contribution in [2.75, 3.05) is 7.11 Å². The molecule has 0 spiro atoms. The molecule has 5 heteroatoms. The topological polar surface area (TPSA) is 55.1 Å². The summed E-state index contributed by atoms with van der Waals surface area (Å²) in [5.74, 6) is 2.60. The number of benzene rings is 1. The van der Waals surface area contributed by atoms with Gasteiger partial charge in [0, 0.05) is 11.5 Å². The van der Waals surface area contributed by atoms with Crippen molar-refractivity contribution in [2.45, 2.75) is 33.1 Å². The highest BCUT2D eigenvalue weighted by molar-refractivity contribution is 6.30. The van der Waals surface area contributed by atoms with Crippen LogP contribution in [0.15, 0.2) is 78.3 Å². The third-order valence-electron chi connectivity index (χ3n) is 5.24. The van der Waals surface area contributed by atoms with E-state index in [1.165, 1.54) is 0 Å². The van der Waals surface area contributed by atoms with Gasteiger partial charge in [0.2, 0.25) is 0 Å². The second-order valence-electron chi connectivity index (χ2n) is 7.85. The Bertz CT molecular complexity index is 1120. The zero-order chi connectivity index (χ0) is 23.1. The van der Waals surface area contributed by atoms with Crippen LogP contribution in [-0.2, 0) is 4.74 Å². The predicted octanol–water partition coefficient (Wildman–Crippen LogP) is 7.20. The van der Waals surface area contributed by atoms with Crippen LogP contribution >= 0.6 is 11.6 Å². The van der Waals surface area contributed by atoms with Gasteiger partial charge in [-0.1, -0.05) is 55.8 Å². The van der Waals surface area contributed by atoms with Crippen LogP contribution < -0.4 is 4.74 Å². The summed E-state index contributed by atoms with van der Waals surface area (Å²) in [6, 6.07) is 13.9. The molecule has 1 heterocycles. The first-order valence-electron chi connectivity index (χ1n) is 10.6. The number of nitriles is 1. The number of hydrogen-bond acceptors (Lipinski definition) is 4. The molecule has 32 heavy (non-hydrogen) atoms. The Morgan fingerprint density at radius 2 is 2.00 bits per heavy atom. The smallest absolute Gasteiger partial charge is 0.147 e. The minimum atomic E-state index is 0.0741. The summed E-state index contributed by atoms with van der Waals surface area (Å²) in [4.78, 5) is 4.53. The first-order chi connectivity index (χ1) is 15.4. The van der Waals surface area contributed by atoms with Crippen LogP contribution in [0.4, 0.5) is 0 Å². The van der Waals surface area contributed by atoms with Crippen LogP contribution in [0.1, 0.15) is 49.9 Å². The lowest BCUT2D eigenvalue weighted by Gasteiger charge is -2.19. The van der Waals surface area contributed by atoms with E-state index in [-0.39, 0.29) is 17.0 Å². The zero-order valence-electron chi connectivity index (χ0n) is 18.8. The number of hydrogen-bond donors (Lipinski definition) is 0. The van der Waals surface area contributed by atoms with E-state index in [2.05, 4.69) is 31.0 Å². The number of methoxy groups -OCH3 is 1. The Morgan fingerprint density at radius 1 is 1.25 bits per heavy atom. The van der Waals surface area contributed by atoms with Gasteiger partial charge in [0.05, 0.1) is 18.4 Å². The average Bonchev–Trinajstić information content (AvgIpc) is 2.79. The van der Waals surface area contributed by atoms with Crippen LogP contribution in [0.5, 0.6) is 5.75 Å². The number of nitrogens with zero attached hydrogens (tertiary/aromatic N) is 2. The van der Waals surface area contributed by atoms with Gasteiger partial charge in [0.15, 0.2) is 0 Å². The highest BCUT2D eigenvalue weighted by Crippen LogP contribution is 2.34. The molecule has 1 aromatic heterocycles. The van der Waals surface area contributed by atoms with Gasteiger partial charge >= 0.3 is 0 Å². The maximum atomic E-state index is 9.79. The number of aromatic nitrogens is 1. The van der Waals surface area contributed by atoms with E-state index < -0.39 is 0 Å². The van der Waals surface area contributed by atoms with Crippen LogP contribution in [0, 0.1) is 17.2 Å². The van der Waals surface area contributed by atoms with Crippen LogP contribution in [0.25, 0.3) is 5.57 Å². The predicted molar refractivity (Wildman–Crippen MR) is 129 cm³/mol. The van der Waals surface area contributed by atoms with Gasteiger partial charge in [0.25, 0.3) is 0 Å². The summed E-state index contributed by atoms with van der Waals surface area (Å²) in [6.45, 7) is 6.09. The van der Waals surface area contributed by atoms with Crippen molar-refractivity contribution in [3.05, 3.63) is 100 Å². The molecule has 3 rings (SSSR count). The molecule has 4 nitrogen and oxygen atoms in total. The SMILES string of the molecule is COC1=CCC(c2cc(C(=CC=C(C)Oc3ccccc3)C(C)C)c(C#N)c(Cl)n2)C=C1. The summed E-state index contributed by atoms with van der Waals surface area (Å²) in [6.07, 6.45) is 10.7. The quantitative estimate of drug-likeness (QED) is 0.256. The maximum Gasteiger partial charge on any atom is 0.147 e. The molecule has 0 radical (unpaired) electrons. The van der Waals surface area contributed by atoms with E-state index in [1.54, 1.807) is 7.11 Å². The van der Waals surface area contributed by atoms with Crippen LogP contribution in [0.3, 0.4) is 0 Å². The Kier molecular flexibility index (Phi) is 7.92. The molecule has 1 aliphatic rings. The number of rotatable bonds is 7. The van der Waals surface area contributed by atoms with E-state index >= 15 is 0 Å². The van der Waals surface area contributed by atoms with Gasteiger partial charge in [-0.2, -0.15) is 5.26 Å². The fourth-order valence-corrected chi connectivity index (χ4v) is 3.78. The average molecular weight is 447 g/mol. The van der Waals surface area contributed by atoms with E-state index in [4.69, 9.17) is 21.1 Å². The molecule has 2 aromatic rings. The Labute approximate surface area is 195 Å². The number of para-hydroxylation sites is 1. The van der Waals surface area contributed by atoms with E-state index in [0.717, 1.165) is 40.5 Å². The second-order valence-corrected chi connectivity index (χ2v) is 8.21. The van der Waals surface area contributed by atoms with Gasteiger partial charge in [-0.05, 0) is 61.3 Å². The van der Waals surface area contributed by atoms with Crippen LogP contribution in [-0.4, -0.2) is 12.1 Å². The Hall–Kier alpha value is -3.29. The van der Waals surface area contributed by atoms with Crippen molar-refractivity contribution in [1.82, 2.24) is 4.98 Å². The molecule has 164 valence electrons. The lowest BCUT2D eigenvalue weighted by atomic mass is 9.89. The molecule has 0 saturated carbocycles. The van der Waals surface area contributed by atoms with E-state index in [1.807, 2.05) is 67.6 Å². The monoisotopic (exact) mass is 446 g/mol. The Balaban J connectivity index is 1.98. The molecule has 0 saturated heterocycles. The first kappa shape index (κ1) is 23.4. The summed E-state index contributed by atoms with van der Waals surface area (Å²) in [7, 11) is 1.65. The fraction of sp³-hybridized carbons (Fsp3) is 0.259. The van der Waals surface area contributed by atoms with Gasteiger partial charge in [-0.3, -0.25) is 0 Å². The lowest BCUT2D eigenvalue weighted by Crippen LogP contribution is -2.07. The third-order valence-corrected chi connectivity index (χ3v) is 5.51. The van der Waals surface area contributed by atoms with Crippen LogP contribution in [0.2, 0.25) is 5.15 Å². The molecule has 0 bridgehead atoms. The molecular weight excluding hydrogens is 420 g/mol. The molecule has 1 aliphatic carbocycles. The van der Waals surface area contributed by atoms with Gasteiger partial charge in [-0.15, -0.1) is 0 Å². The van der Waals surface area contributed by atoms with E-state index in [0.29, 0.717) is 5.56 Å². The largest absolute Gasteiger partial charge is 0.497 e. The lowest BCUT2D eigenvalue weighted by molar-refractivity contribution is 0.303. The summed E-state index contributed by atoms with van der Waals surface area (Å²) in [5.41, 5.74) is 3.02. The van der Waals surface area contributed by atoms with Crippen molar-refractivity contribution in [1.29, 1.82) is 5.26 Å². The minimum absolute atomic E-state index is 0.0741. The first-order valence-corrected chi connectivity index (χ1v) is 10.9. The Morgan fingerprint density at radius 3 is 2.59 bits per heavy atom. The summed E-state index contributed by atoms with van der Waals surface area (Å²) in [5, 5.41) is 10.0. The molecule has 1 unspecified atom stereocenters. The van der Waals surface area contributed by atoms with Crippen molar-refractivity contribution >= 4 is 17.2 Å². The second kappa shape index (κ2) is 10.8. The molecule has 1 aromatic carbocycles. The summed E-state index contributed by atoms with van der Waals surface area (Å²) >= 11 is 6.46. The van der Waals surface area contributed by atoms with E-state index in [9.17, 15) is 5.26 Å². The summed E-state index contributed by atoms with van der Waals surface area (Å²) < 4.78 is 11.2. The molecule has 0 N–H and O–H groups in total. The number of ether oxygens (including phenoxy) is 2. The zero-order valence-corrected chi connectivity index (χ0v) is 19.6. The number of pyridine rings is 1. The molecule has 0 fully saturated rings. The fourth-order valence-electron chi connectivity index (χ4n) is 3.54. The minimum Gasteiger partial charge on any atom is -0.497 e. The van der Waals surface area contributed by atoms with Gasteiger partial charge in [-0.25, -0.2) is 4.98 Å². The van der Waals surface area contributed by atoms with Crippen molar-refractivity contribution in [3.63, 3.8) is 0 Å². The highest BCUT2D eigenvalue weighted by Gasteiger charge is 2.20. The molecule has 1 atom stereocenters. The number of allylic oxidation sites excluding steroid dienone is 7. The van der Waals surface area contributed by atoms with Crippen molar-refractivity contribution < 1.29 is 9.47 Å². The standard InChI is InChI=1S/C27H27ClN2O2/c1-18(2)23(15-10-19(3)32-22-8-6-5-7-9-22)24-16-26(30-27(28)25(24)17-29)20-11-13-21(31-4)14-12-20/h5-11,13-16,18,20H,12H2,1-4H3.